The maximum atomic E-state index is 13.3. The van der Waals surface area contributed by atoms with Crippen molar-refractivity contribution in [1.29, 1.82) is 0 Å². The third kappa shape index (κ3) is 4.68. The fourth-order valence-electron chi connectivity index (χ4n) is 3.15. The van der Waals surface area contributed by atoms with Gasteiger partial charge in [0.2, 0.25) is 9.84 Å². The summed E-state index contributed by atoms with van der Waals surface area (Å²) in [6, 6.07) is 17.7. The number of urea groups is 1. The molecule has 7 nitrogen and oxygen atoms in total. The van der Waals surface area contributed by atoms with Gasteiger partial charge in [0.25, 0.3) is 0 Å². The highest BCUT2D eigenvalue weighted by molar-refractivity contribution is 7.91. The first kappa shape index (κ1) is 21.3. The Bertz CT molecular complexity index is 1320. The van der Waals surface area contributed by atoms with E-state index in [0.717, 1.165) is 5.56 Å². The van der Waals surface area contributed by atoms with E-state index in [1.165, 1.54) is 42.5 Å². The highest BCUT2D eigenvalue weighted by Gasteiger charge is 2.22. The minimum Gasteiger partial charge on any atom is -0.334 e. The summed E-state index contributed by atoms with van der Waals surface area (Å²) in [6.07, 6.45) is 3.27. The van der Waals surface area contributed by atoms with E-state index in [0.29, 0.717) is 23.4 Å². The minimum absolute atomic E-state index is 0.0800. The van der Waals surface area contributed by atoms with Crippen molar-refractivity contribution < 1.29 is 17.6 Å². The van der Waals surface area contributed by atoms with Crippen molar-refractivity contribution in [3.8, 4) is 11.1 Å². The Morgan fingerprint density at radius 1 is 0.969 bits per heavy atom. The summed E-state index contributed by atoms with van der Waals surface area (Å²) in [5.74, 6) is -0.397. The van der Waals surface area contributed by atoms with Crippen LogP contribution >= 0.6 is 0 Å². The minimum atomic E-state index is -3.85. The molecule has 0 aliphatic rings. The molecule has 0 spiro atoms. The van der Waals surface area contributed by atoms with E-state index in [-0.39, 0.29) is 9.79 Å². The van der Waals surface area contributed by atoms with Gasteiger partial charge in [-0.05, 0) is 48.0 Å². The van der Waals surface area contributed by atoms with Gasteiger partial charge in [0.1, 0.15) is 5.82 Å². The number of aromatic nitrogens is 2. The number of halogens is 1. The number of hydrogen-bond donors (Lipinski definition) is 3. The maximum absolute atomic E-state index is 13.3. The van der Waals surface area contributed by atoms with Crippen molar-refractivity contribution in [3.63, 3.8) is 0 Å². The summed E-state index contributed by atoms with van der Waals surface area (Å²) >= 11 is 0. The van der Waals surface area contributed by atoms with E-state index in [2.05, 4.69) is 20.8 Å². The predicted octanol–water partition coefficient (Wildman–Crippen LogP) is 4.37. The lowest BCUT2D eigenvalue weighted by molar-refractivity contribution is 0.251. The number of carbonyl (C=O) groups excluding carboxylic acids is 1. The van der Waals surface area contributed by atoms with Crippen molar-refractivity contribution in [2.45, 2.75) is 16.3 Å². The van der Waals surface area contributed by atoms with Crippen LogP contribution in [0.4, 0.5) is 14.9 Å². The molecule has 9 heteroatoms. The van der Waals surface area contributed by atoms with Crippen LogP contribution in [-0.4, -0.2) is 24.6 Å². The van der Waals surface area contributed by atoms with Gasteiger partial charge in [0.15, 0.2) is 0 Å². The van der Waals surface area contributed by atoms with Crippen molar-refractivity contribution in [3.05, 3.63) is 96.6 Å². The van der Waals surface area contributed by atoms with Crippen LogP contribution in [0.2, 0.25) is 0 Å². The van der Waals surface area contributed by atoms with Gasteiger partial charge >= 0.3 is 6.03 Å². The van der Waals surface area contributed by atoms with Crippen molar-refractivity contribution in [2.75, 3.05) is 5.32 Å². The molecule has 1 aromatic heterocycles. The summed E-state index contributed by atoms with van der Waals surface area (Å²) in [6.45, 7) is 0.301. The number of amides is 2. The average Bonchev–Trinajstić information content (AvgIpc) is 3.32. The molecule has 0 aliphatic carbocycles. The smallest absolute Gasteiger partial charge is 0.319 e. The fourth-order valence-corrected chi connectivity index (χ4v) is 4.63. The van der Waals surface area contributed by atoms with Gasteiger partial charge in [0.05, 0.1) is 16.0 Å². The van der Waals surface area contributed by atoms with Gasteiger partial charge in [0, 0.05) is 29.6 Å². The van der Waals surface area contributed by atoms with E-state index < -0.39 is 21.7 Å². The molecule has 3 aromatic carbocycles. The third-order valence-electron chi connectivity index (χ3n) is 4.76. The average molecular weight is 450 g/mol. The van der Waals surface area contributed by atoms with E-state index in [1.807, 2.05) is 0 Å². The topological polar surface area (TPSA) is 104 Å². The molecular weight excluding hydrogens is 431 g/mol. The van der Waals surface area contributed by atoms with Gasteiger partial charge in [-0.25, -0.2) is 17.6 Å². The van der Waals surface area contributed by atoms with Gasteiger partial charge in [-0.15, -0.1) is 0 Å². The molecule has 2 amide bonds. The predicted molar refractivity (Wildman–Crippen MR) is 118 cm³/mol. The molecule has 32 heavy (non-hydrogen) atoms. The standard InChI is InChI=1S/C23H19FN4O3S/c24-18-7-5-17(6-8-18)21-3-1-2-4-22(21)32(30,31)20-11-9-19(10-12-20)28-23(29)25-13-16-14-26-27-15-16/h1-12,14-15H,13H2,(H,26,27)(H2,25,28,29). The Balaban J connectivity index is 1.53. The molecule has 0 saturated carbocycles. The lowest BCUT2D eigenvalue weighted by atomic mass is 10.1. The van der Waals surface area contributed by atoms with Crippen LogP contribution in [0.1, 0.15) is 5.56 Å². The van der Waals surface area contributed by atoms with Crippen molar-refractivity contribution in [2.24, 2.45) is 0 Å². The molecule has 0 atom stereocenters. The summed E-state index contributed by atoms with van der Waals surface area (Å²) in [5.41, 5.74) is 2.34. The Kier molecular flexibility index (Phi) is 6.00. The van der Waals surface area contributed by atoms with Crippen LogP contribution in [0.3, 0.4) is 0 Å². The Morgan fingerprint density at radius 3 is 2.38 bits per heavy atom. The molecule has 0 bridgehead atoms. The van der Waals surface area contributed by atoms with Crippen LogP contribution < -0.4 is 10.6 Å². The zero-order chi connectivity index (χ0) is 22.6. The summed E-state index contributed by atoms with van der Waals surface area (Å²) < 4.78 is 39.9. The van der Waals surface area contributed by atoms with Gasteiger partial charge < -0.3 is 10.6 Å². The van der Waals surface area contributed by atoms with Crippen LogP contribution in [-0.2, 0) is 16.4 Å². The van der Waals surface area contributed by atoms with E-state index in [9.17, 15) is 17.6 Å². The van der Waals surface area contributed by atoms with E-state index in [4.69, 9.17) is 0 Å². The Morgan fingerprint density at radius 2 is 1.69 bits per heavy atom. The highest BCUT2D eigenvalue weighted by Crippen LogP contribution is 2.31. The molecule has 162 valence electrons. The second kappa shape index (κ2) is 9.03. The molecule has 1 heterocycles. The zero-order valence-electron chi connectivity index (χ0n) is 16.7. The first-order chi connectivity index (χ1) is 15.4. The number of anilines is 1. The van der Waals surface area contributed by atoms with Gasteiger partial charge in [-0.3, -0.25) is 5.10 Å². The number of nitrogens with one attached hydrogen (secondary N) is 3. The molecule has 0 radical (unpaired) electrons. The van der Waals surface area contributed by atoms with Crippen molar-refractivity contribution in [1.82, 2.24) is 15.5 Å². The number of nitrogens with zero attached hydrogens (tertiary/aromatic N) is 1. The number of rotatable bonds is 6. The number of sulfone groups is 1. The quantitative estimate of drug-likeness (QED) is 0.406. The third-order valence-corrected chi connectivity index (χ3v) is 6.59. The van der Waals surface area contributed by atoms with Crippen LogP contribution in [0.5, 0.6) is 0 Å². The zero-order valence-corrected chi connectivity index (χ0v) is 17.6. The fraction of sp³-hybridized carbons (Fsp3) is 0.0435. The number of H-pyrrole nitrogens is 1. The first-order valence-electron chi connectivity index (χ1n) is 9.66. The van der Waals surface area contributed by atoms with Gasteiger partial charge in [-0.1, -0.05) is 30.3 Å². The lowest BCUT2D eigenvalue weighted by Crippen LogP contribution is -2.28. The number of hydrogen-bond acceptors (Lipinski definition) is 4. The number of carbonyl (C=O) groups is 1. The molecular formula is C23H19FN4O3S. The number of benzene rings is 3. The molecule has 3 N–H and O–H groups in total. The number of aromatic amines is 1. The van der Waals surface area contributed by atoms with Gasteiger partial charge in [-0.2, -0.15) is 5.10 Å². The molecule has 0 unspecified atom stereocenters. The molecule has 4 aromatic rings. The summed E-state index contributed by atoms with van der Waals surface area (Å²) in [4.78, 5) is 12.2. The van der Waals surface area contributed by atoms with Crippen LogP contribution in [0, 0.1) is 5.82 Å². The van der Waals surface area contributed by atoms with Crippen LogP contribution in [0.15, 0.2) is 95.0 Å². The summed E-state index contributed by atoms with van der Waals surface area (Å²) in [7, 11) is -3.85. The largest absolute Gasteiger partial charge is 0.334 e. The Hall–Kier alpha value is -3.98. The van der Waals surface area contributed by atoms with E-state index >= 15 is 0 Å². The molecule has 4 rings (SSSR count). The van der Waals surface area contributed by atoms with E-state index in [1.54, 1.807) is 42.7 Å². The highest BCUT2D eigenvalue weighted by atomic mass is 32.2. The maximum Gasteiger partial charge on any atom is 0.319 e. The monoisotopic (exact) mass is 450 g/mol. The molecule has 0 fully saturated rings. The normalized spacial score (nSPS) is 11.2. The molecule has 0 aliphatic heterocycles. The SMILES string of the molecule is O=C(NCc1cn[nH]c1)Nc1ccc(S(=O)(=O)c2ccccc2-c2ccc(F)cc2)cc1. The Labute approximate surface area is 184 Å². The second-order valence-electron chi connectivity index (χ2n) is 6.95. The van der Waals surface area contributed by atoms with Crippen LogP contribution in [0.25, 0.3) is 11.1 Å². The molecule has 0 saturated heterocycles. The van der Waals surface area contributed by atoms with Crippen molar-refractivity contribution >= 4 is 21.6 Å². The first-order valence-corrected chi connectivity index (χ1v) is 11.1. The summed E-state index contributed by atoms with van der Waals surface area (Å²) in [5, 5.41) is 11.8. The lowest BCUT2D eigenvalue weighted by Gasteiger charge is -2.12. The second-order valence-corrected chi connectivity index (χ2v) is 8.86.